The van der Waals surface area contributed by atoms with Crippen molar-refractivity contribution in [1.82, 2.24) is 5.32 Å². The molecule has 2 N–H and O–H groups in total. The number of nitrogens with zero attached hydrogens (tertiary/aromatic N) is 1. The van der Waals surface area contributed by atoms with Gasteiger partial charge in [-0.3, -0.25) is 4.79 Å². The minimum absolute atomic E-state index is 0.0551. The first-order valence-corrected chi connectivity index (χ1v) is 6.67. The Kier molecular flexibility index (Phi) is 6.26. The first kappa shape index (κ1) is 14.6. The van der Waals surface area contributed by atoms with Crippen LogP contribution in [0, 0.1) is 11.3 Å². The Morgan fingerprint density at radius 2 is 2.39 bits per heavy atom. The van der Waals surface area contributed by atoms with Gasteiger partial charge in [0, 0.05) is 23.1 Å². The van der Waals surface area contributed by atoms with Crippen molar-refractivity contribution >= 4 is 17.7 Å². The second-order valence-corrected chi connectivity index (χ2v) is 4.91. The highest BCUT2D eigenvalue weighted by molar-refractivity contribution is 7.99. The molecule has 1 rings (SSSR count). The second-order valence-electron chi connectivity index (χ2n) is 3.86. The average Bonchev–Trinajstić information content (AvgIpc) is 2.37. The molecular formula is C13H16N2O2S. The Morgan fingerprint density at radius 1 is 1.61 bits per heavy atom. The average molecular weight is 264 g/mol. The van der Waals surface area contributed by atoms with Gasteiger partial charge in [-0.05, 0) is 31.5 Å². The van der Waals surface area contributed by atoms with Gasteiger partial charge in [-0.15, -0.1) is 11.8 Å². The number of hydrogen-bond acceptors (Lipinski definition) is 4. The number of nitrogens with one attached hydrogen (secondary N) is 1. The van der Waals surface area contributed by atoms with Crippen LogP contribution >= 0.6 is 11.8 Å². The van der Waals surface area contributed by atoms with E-state index in [9.17, 15) is 4.79 Å². The molecule has 96 valence electrons. The number of rotatable bonds is 6. The van der Waals surface area contributed by atoms with Crippen molar-refractivity contribution < 1.29 is 9.90 Å². The normalized spacial score (nSPS) is 11.6. The molecule has 1 atom stereocenters. The lowest BCUT2D eigenvalue weighted by atomic mass is 10.2. The smallest absolute Gasteiger partial charge is 0.251 e. The number of carbonyl (C=O) groups excluding carboxylic acids is 1. The van der Waals surface area contributed by atoms with Gasteiger partial charge in [-0.2, -0.15) is 5.26 Å². The highest BCUT2D eigenvalue weighted by Gasteiger charge is 2.09. The van der Waals surface area contributed by atoms with E-state index in [0.717, 1.165) is 4.90 Å². The van der Waals surface area contributed by atoms with E-state index >= 15 is 0 Å². The van der Waals surface area contributed by atoms with Crippen molar-refractivity contribution in [3.05, 3.63) is 29.8 Å². The number of benzene rings is 1. The number of thioether (sulfide) groups is 1. The third-order valence-corrected chi connectivity index (χ3v) is 3.20. The first-order chi connectivity index (χ1) is 8.67. The minimum Gasteiger partial charge on any atom is -0.396 e. The molecule has 1 aromatic carbocycles. The van der Waals surface area contributed by atoms with E-state index in [1.807, 2.05) is 19.1 Å². The Labute approximate surface area is 111 Å². The molecule has 18 heavy (non-hydrogen) atoms. The Morgan fingerprint density at radius 3 is 3.06 bits per heavy atom. The summed E-state index contributed by atoms with van der Waals surface area (Å²) in [5.41, 5.74) is 0.572. The van der Waals surface area contributed by atoms with Crippen LogP contribution in [0.25, 0.3) is 0 Å². The maximum Gasteiger partial charge on any atom is 0.251 e. The summed E-state index contributed by atoms with van der Waals surface area (Å²) in [6.07, 6.45) is 0.536. The summed E-state index contributed by atoms with van der Waals surface area (Å²) in [4.78, 5) is 12.8. The van der Waals surface area contributed by atoms with Crippen LogP contribution in [-0.4, -0.2) is 29.4 Å². The van der Waals surface area contributed by atoms with E-state index in [1.54, 1.807) is 18.2 Å². The van der Waals surface area contributed by atoms with E-state index in [1.165, 1.54) is 11.8 Å². The van der Waals surface area contributed by atoms with Crippen LogP contribution in [0.3, 0.4) is 0 Å². The molecule has 1 aromatic rings. The number of aliphatic hydroxyl groups is 1. The highest BCUT2D eigenvalue weighted by atomic mass is 32.2. The van der Waals surface area contributed by atoms with Crippen molar-refractivity contribution in [2.75, 3.05) is 12.4 Å². The Hall–Kier alpha value is -1.51. The van der Waals surface area contributed by atoms with Gasteiger partial charge in [0.05, 0.1) is 11.8 Å². The van der Waals surface area contributed by atoms with Crippen LogP contribution in [0.4, 0.5) is 0 Å². The third-order valence-electron chi connectivity index (χ3n) is 2.34. The minimum atomic E-state index is -0.157. The van der Waals surface area contributed by atoms with E-state index < -0.39 is 0 Å². The fourth-order valence-electron chi connectivity index (χ4n) is 1.42. The maximum absolute atomic E-state index is 11.9. The van der Waals surface area contributed by atoms with Crippen molar-refractivity contribution in [2.45, 2.75) is 24.3 Å². The number of hydrogen-bond donors (Lipinski definition) is 2. The molecule has 0 fully saturated rings. The topological polar surface area (TPSA) is 73.1 Å². The molecule has 0 saturated carbocycles. The quantitative estimate of drug-likeness (QED) is 0.768. The SMILES string of the molecule is CC(CCO)NC(=O)c1cccc(SCC#N)c1. The molecule has 0 bridgehead atoms. The number of nitriles is 1. The van der Waals surface area contributed by atoms with Crippen molar-refractivity contribution in [1.29, 1.82) is 5.26 Å². The van der Waals surface area contributed by atoms with Crippen LogP contribution < -0.4 is 5.32 Å². The fourth-order valence-corrected chi connectivity index (χ4v) is 2.03. The molecule has 0 aliphatic carbocycles. The summed E-state index contributed by atoms with van der Waals surface area (Å²) < 4.78 is 0. The van der Waals surface area contributed by atoms with Crippen molar-refractivity contribution in [3.63, 3.8) is 0 Å². The summed E-state index contributed by atoms with van der Waals surface area (Å²) in [6.45, 7) is 1.90. The predicted molar refractivity (Wildman–Crippen MR) is 71.4 cm³/mol. The largest absolute Gasteiger partial charge is 0.396 e. The third kappa shape index (κ3) is 4.78. The first-order valence-electron chi connectivity index (χ1n) is 5.69. The van der Waals surface area contributed by atoms with Gasteiger partial charge in [0.1, 0.15) is 0 Å². The lowest BCUT2D eigenvalue weighted by Crippen LogP contribution is -2.33. The van der Waals surface area contributed by atoms with Crippen LogP contribution in [0.15, 0.2) is 29.2 Å². The number of aliphatic hydroxyl groups excluding tert-OH is 1. The van der Waals surface area contributed by atoms with E-state index in [-0.39, 0.29) is 18.6 Å². The van der Waals surface area contributed by atoms with E-state index in [0.29, 0.717) is 17.7 Å². The Bertz CT molecular complexity index is 443. The molecule has 0 heterocycles. The molecule has 4 nitrogen and oxygen atoms in total. The second kappa shape index (κ2) is 7.75. The zero-order valence-corrected chi connectivity index (χ0v) is 11.0. The van der Waals surface area contributed by atoms with Crippen molar-refractivity contribution in [2.24, 2.45) is 0 Å². The summed E-state index contributed by atoms with van der Waals surface area (Å²) >= 11 is 1.40. The van der Waals surface area contributed by atoms with E-state index in [4.69, 9.17) is 10.4 Å². The van der Waals surface area contributed by atoms with Crippen LogP contribution in [-0.2, 0) is 0 Å². The van der Waals surface area contributed by atoms with Gasteiger partial charge in [-0.25, -0.2) is 0 Å². The molecule has 0 aliphatic rings. The molecule has 5 heteroatoms. The molecule has 0 aromatic heterocycles. The molecule has 0 saturated heterocycles. The molecule has 1 unspecified atom stereocenters. The highest BCUT2D eigenvalue weighted by Crippen LogP contribution is 2.18. The summed E-state index contributed by atoms with van der Waals surface area (Å²) in [5.74, 6) is 0.210. The van der Waals surface area contributed by atoms with Crippen LogP contribution in [0.1, 0.15) is 23.7 Å². The molecule has 0 aliphatic heterocycles. The van der Waals surface area contributed by atoms with Gasteiger partial charge in [0.2, 0.25) is 0 Å². The lowest BCUT2D eigenvalue weighted by Gasteiger charge is -2.12. The van der Waals surface area contributed by atoms with Gasteiger partial charge in [-0.1, -0.05) is 6.07 Å². The summed E-state index contributed by atoms with van der Waals surface area (Å²) in [7, 11) is 0. The molecule has 0 radical (unpaired) electrons. The zero-order chi connectivity index (χ0) is 13.4. The summed E-state index contributed by atoms with van der Waals surface area (Å²) in [5, 5.41) is 20.1. The summed E-state index contributed by atoms with van der Waals surface area (Å²) in [6, 6.07) is 9.16. The van der Waals surface area contributed by atoms with Gasteiger partial charge in [0.15, 0.2) is 0 Å². The van der Waals surface area contributed by atoms with Gasteiger partial charge >= 0.3 is 0 Å². The van der Waals surface area contributed by atoms with Crippen LogP contribution in [0.5, 0.6) is 0 Å². The molecule has 0 spiro atoms. The number of amides is 1. The van der Waals surface area contributed by atoms with Gasteiger partial charge in [0.25, 0.3) is 5.91 Å². The maximum atomic E-state index is 11.9. The molecule has 1 amide bonds. The van der Waals surface area contributed by atoms with Crippen molar-refractivity contribution in [3.8, 4) is 6.07 Å². The van der Waals surface area contributed by atoms with Crippen LogP contribution in [0.2, 0.25) is 0 Å². The monoisotopic (exact) mass is 264 g/mol. The Balaban J connectivity index is 2.65. The molecular weight excluding hydrogens is 248 g/mol. The standard InChI is InChI=1S/C13H16N2O2S/c1-10(5-7-16)15-13(17)11-3-2-4-12(9-11)18-8-6-14/h2-4,9-10,16H,5,7-8H2,1H3,(H,15,17). The van der Waals surface area contributed by atoms with E-state index in [2.05, 4.69) is 5.32 Å². The zero-order valence-electron chi connectivity index (χ0n) is 10.2. The van der Waals surface area contributed by atoms with Gasteiger partial charge < -0.3 is 10.4 Å². The lowest BCUT2D eigenvalue weighted by molar-refractivity contribution is 0.0934. The number of carbonyl (C=O) groups is 1. The fraction of sp³-hybridized carbons (Fsp3) is 0.385. The predicted octanol–water partition coefficient (Wildman–Crippen LogP) is 1.80.